The molecule has 16 heavy (non-hydrogen) atoms. The third-order valence-electron chi connectivity index (χ3n) is 2.15. The standard InChI is InChI=1S/C10H15N4O2/c1-4-5-13(2)10(16)8-6-7(9(11)15)12-14(8)3/h4-5H2,1-3H3,(H2,11,15). The third kappa shape index (κ3) is 2.39. The van der Waals surface area contributed by atoms with Crippen LogP contribution in [0.5, 0.6) is 0 Å². The SMILES string of the molecule is CCCN(C)C(=O)c1[c]c(C(N)=O)nn1C. The van der Waals surface area contributed by atoms with Crippen LogP contribution in [0.1, 0.15) is 34.3 Å². The number of hydrogen-bond acceptors (Lipinski definition) is 3. The van der Waals surface area contributed by atoms with Crippen LogP contribution >= 0.6 is 0 Å². The highest BCUT2D eigenvalue weighted by Gasteiger charge is 2.19. The number of aryl methyl sites for hydroxylation is 1. The average molecular weight is 223 g/mol. The number of nitrogens with zero attached hydrogens (tertiary/aromatic N) is 3. The predicted molar refractivity (Wildman–Crippen MR) is 57.8 cm³/mol. The predicted octanol–water partition coefficient (Wildman–Crippen LogP) is -0.199. The summed E-state index contributed by atoms with van der Waals surface area (Å²) in [5.74, 6) is -0.905. The van der Waals surface area contributed by atoms with E-state index >= 15 is 0 Å². The Bertz CT molecular complexity index is 411. The molecular weight excluding hydrogens is 208 g/mol. The molecule has 1 radical (unpaired) electrons. The molecule has 1 aromatic rings. The number of aromatic nitrogens is 2. The van der Waals surface area contributed by atoms with E-state index in [0.717, 1.165) is 6.42 Å². The molecule has 0 fully saturated rings. The molecule has 0 saturated heterocycles. The Balaban J connectivity index is 2.95. The Morgan fingerprint density at radius 2 is 2.19 bits per heavy atom. The highest BCUT2D eigenvalue weighted by Crippen LogP contribution is 2.05. The second-order valence-electron chi connectivity index (χ2n) is 3.54. The lowest BCUT2D eigenvalue weighted by molar-refractivity contribution is 0.0783. The maximum absolute atomic E-state index is 11.9. The molecule has 87 valence electrons. The fraction of sp³-hybridized carbons (Fsp3) is 0.500. The van der Waals surface area contributed by atoms with E-state index in [0.29, 0.717) is 6.54 Å². The molecule has 2 amide bonds. The Hall–Kier alpha value is -1.85. The molecule has 0 unspecified atom stereocenters. The number of rotatable bonds is 4. The van der Waals surface area contributed by atoms with Gasteiger partial charge in [0.2, 0.25) is 0 Å². The number of carbonyl (C=O) groups is 2. The first-order valence-corrected chi connectivity index (χ1v) is 4.99. The minimum atomic E-state index is -0.687. The van der Waals surface area contributed by atoms with Gasteiger partial charge in [-0.1, -0.05) is 6.92 Å². The van der Waals surface area contributed by atoms with Gasteiger partial charge >= 0.3 is 0 Å². The van der Waals surface area contributed by atoms with Crippen molar-refractivity contribution >= 4 is 11.8 Å². The van der Waals surface area contributed by atoms with Gasteiger partial charge in [-0.25, -0.2) is 0 Å². The van der Waals surface area contributed by atoms with E-state index in [4.69, 9.17) is 5.73 Å². The zero-order chi connectivity index (χ0) is 12.3. The maximum Gasteiger partial charge on any atom is 0.272 e. The first-order valence-electron chi connectivity index (χ1n) is 4.99. The van der Waals surface area contributed by atoms with Crippen molar-refractivity contribution in [2.24, 2.45) is 12.8 Å². The summed E-state index contributed by atoms with van der Waals surface area (Å²) >= 11 is 0. The minimum Gasteiger partial charge on any atom is -0.364 e. The Morgan fingerprint density at radius 1 is 1.56 bits per heavy atom. The monoisotopic (exact) mass is 223 g/mol. The molecule has 0 bridgehead atoms. The van der Waals surface area contributed by atoms with E-state index < -0.39 is 5.91 Å². The summed E-state index contributed by atoms with van der Waals surface area (Å²) in [6.07, 6.45) is 0.864. The smallest absolute Gasteiger partial charge is 0.272 e. The number of nitrogens with two attached hydrogens (primary N) is 1. The lowest BCUT2D eigenvalue weighted by atomic mass is 10.3. The second kappa shape index (κ2) is 4.78. The van der Waals surface area contributed by atoms with Crippen LogP contribution in [0.2, 0.25) is 0 Å². The van der Waals surface area contributed by atoms with Gasteiger partial charge in [-0.2, -0.15) is 5.10 Å². The van der Waals surface area contributed by atoms with Crippen molar-refractivity contribution in [3.8, 4) is 0 Å². The molecule has 6 heteroatoms. The molecule has 0 spiro atoms. The molecule has 1 heterocycles. The van der Waals surface area contributed by atoms with Crippen LogP contribution in [0, 0.1) is 6.07 Å². The summed E-state index contributed by atoms with van der Waals surface area (Å²) in [5, 5.41) is 3.81. The summed E-state index contributed by atoms with van der Waals surface area (Å²) in [4.78, 5) is 24.3. The third-order valence-corrected chi connectivity index (χ3v) is 2.15. The van der Waals surface area contributed by atoms with Crippen molar-refractivity contribution in [3.05, 3.63) is 17.5 Å². The molecule has 1 rings (SSSR count). The van der Waals surface area contributed by atoms with Crippen LogP contribution in [0.25, 0.3) is 0 Å². The molecule has 2 N–H and O–H groups in total. The lowest BCUT2D eigenvalue weighted by Crippen LogP contribution is -2.29. The molecule has 0 atom stereocenters. The van der Waals surface area contributed by atoms with E-state index in [1.807, 2.05) is 6.92 Å². The van der Waals surface area contributed by atoms with Gasteiger partial charge in [0, 0.05) is 20.6 Å². The van der Waals surface area contributed by atoms with Crippen molar-refractivity contribution in [2.45, 2.75) is 13.3 Å². The van der Waals surface area contributed by atoms with E-state index in [-0.39, 0.29) is 17.3 Å². The summed E-state index contributed by atoms with van der Waals surface area (Å²) in [6, 6.07) is 2.61. The van der Waals surface area contributed by atoms with Crippen LogP contribution in [0.3, 0.4) is 0 Å². The van der Waals surface area contributed by atoms with Crippen LogP contribution in [0.4, 0.5) is 0 Å². The van der Waals surface area contributed by atoms with Crippen molar-refractivity contribution in [2.75, 3.05) is 13.6 Å². The zero-order valence-corrected chi connectivity index (χ0v) is 9.65. The van der Waals surface area contributed by atoms with E-state index in [1.165, 1.54) is 4.68 Å². The van der Waals surface area contributed by atoms with E-state index in [1.54, 1.807) is 19.0 Å². The van der Waals surface area contributed by atoms with Crippen molar-refractivity contribution < 1.29 is 9.59 Å². The van der Waals surface area contributed by atoms with Gasteiger partial charge in [0.25, 0.3) is 11.8 Å². The molecular formula is C10H15N4O2. The molecule has 1 aromatic heterocycles. The number of amides is 2. The van der Waals surface area contributed by atoms with E-state index in [9.17, 15) is 9.59 Å². The van der Waals surface area contributed by atoms with Crippen LogP contribution in [0.15, 0.2) is 0 Å². The maximum atomic E-state index is 11.9. The van der Waals surface area contributed by atoms with Crippen molar-refractivity contribution in [1.82, 2.24) is 14.7 Å². The van der Waals surface area contributed by atoms with Gasteiger partial charge in [0.05, 0.1) is 6.07 Å². The fourth-order valence-corrected chi connectivity index (χ4v) is 1.34. The molecule has 0 aliphatic rings. The zero-order valence-electron chi connectivity index (χ0n) is 9.65. The number of primary amides is 1. The summed E-state index contributed by atoms with van der Waals surface area (Å²) < 4.78 is 1.31. The Kier molecular flexibility index (Phi) is 3.65. The molecule has 0 aromatic carbocycles. The van der Waals surface area contributed by atoms with Gasteiger partial charge in [-0.05, 0) is 6.42 Å². The topological polar surface area (TPSA) is 81.2 Å². The normalized spacial score (nSPS) is 10.2. The van der Waals surface area contributed by atoms with Gasteiger partial charge in [-0.3, -0.25) is 14.3 Å². The summed E-state index contributed by atoms with van der Waals surface area (Å²) in [6.45, 7) is 2.62. The lowest BCUT2D eigenvalue weighted by Gasteiger charge is -2.15. The fourth-order valence-electron chi connectivity index (χ4n) is 1.34. The van der Waals surface area contributed by atoms with Crippen molar-refractivity contribution in [3.63, 3.8) is 0 Å². The molecule has 0 saturated carbocycles. The largest absolute Gasteiger partial charge is 0.364 e. The average Bonchev–Trinajstić information content (AvgIpc) is 2.60. The van der Waals surface area contributed by atoms with Crippen molar-refractivity contribution in [1.29, 1.82) is 0 Å². The first kappa shape index (κ1) is 12.2. The highest BCUT2D eigenvalue weighted by atomic mass is 16.2. The molecule has 0 aliphatic heterocycles. The Morgan fingerprint density at radius 3 is 2.62 bits per heavy atom. The number of carbonyl (C=O) groups excluding carboxylic acids is 2. The second-order valence-corrected chi connectivity index (χ2v) is 3.54. The van der Waals surface area contributed by atoms with Gasteiger partial charge < -0.3 is 10.6 Å². The van der Waals surface area contributed by atoms with Crippen LogP contribution in [-0.4, -0.2) is 40.1 Å². The highest BCUT2D eigenvalue weighted by molar-refractivity contribution is 5.96. The summed E-state index contributed by atoms with van der Waals surface area (Å²) in [7, 11) is 3.27. The van der Waals surface area contributed by atoms with Gasteiger partial charge in [0.15, 0.2) is 5.69 Å². The van der Waals surface area contributed by atoms with Crippen LogP contribution < -0.4 is 5.73 Å². The van der Waals surface area contributed by atoms with Gasteiger partial charge in [0.1, 0.15) is 5.69 Å². The molecule has 0 aliphatic carbocycles. The quantitative estimate of drug-likeness (QED) is 0.767. The number of hydrogen-bond donors (Lipinski definition) is 1. The summed E-state index contributed by atoms with van der Waals surface area (Å²) in [5.41, 5.74) is 5.28. The Labute approximate surface area is 94.0 Å². The molecule has 6 nitrogen and oxygen atoms in total. The van der Waals surface area contributed by atoms with E-state index in [2.05, 4.69) is 11.2 Å². The minimum absolute atomic E-state index is 0.0178. The van der Waals surface area contributed by atoms with Gasteiger partial charge in [-0.15, -0.1) is 0 Å². The van der Waals surface area contributed by atoms with Crippen LogP contribution in [-0.2, 0) is 7.05 Å². The first-order chi connectivity index (χ1) is 7.47.